The second-order valence-corrected chi connectivity index (χ2v) is 8.84. The largest absolute Gasteiger partial charge is 0.338 e. The van der Waals surface area contributed by atoms with Gasteiger partial charge in [0.05, 0.1) is 22.6 Å². The summed E-state index contributed by atoms with van der Waals surface area (Å²) in [6, 6.07) is 7.93. The van der Waals surface area contributed by atoms with Gasteiger partial charge in [-0.15, -0.1) is 0 Å². The van der Waals surface area contributed by atoms with Crippen molar-refractivity contribution in [2.75, 3.05) is 26.2 Å². The summed E-state index contributed by atoms with van der Waals surface area (Å²) in [6.07, 6.45) is 0. The smallest absolute Gasteiger partial charge is 0.243 e. The molecule has 9 heteroatoms. The summed E-state index contributed by atoms with van der Waals surface area (Å²) in [4.78, 5) is 6.79. The molecule has 1 aliphatic heterocycles. The van der Waals surface area contributed by atoms with Crippen molar-refractivity contribution in [3.05, 3.63) is 41.5 Å². The third kappa shape index (κ3) is 4.03. The number of hydrogen-bond donors (Lipinski definition) is 0. The van der Waals surface area contributed by atoms with E-state index in [0.717, 1.165) is 0 Å². The van der Waals surface area contributed by atoms with Gasteiger partial charge in [0.25, 0.3) is 0 Å². The standard InChI is InChI=1S/C18H23N5O3S/c1-13(2)17-20-18(26-21-17)14(3)22-8-10-23(11-9-22)27(24,25)16-6-4-15(12-19)5-7-16/h4-7,13-14H,8-11H2,1-3H3. The Morgan fingerprint density at radius 2 is 1.74 bits per heavy atom. The highest BCUT2D eigenvalue weighted by atomic mass is 32.2. The summed E-state index contributed by atoms with van der Waals surface area (Å²) in [5.74, 6) is 1.44. The fraction of sp³-hybridized carbons (Fsp3) is 0.500. The lowest BCUT2D eigenvalue weighted by molar-refractivity contribution is 0.124. The van der Waals surface area contributed by atoms with Gasteiger partial charge in [-0.3, -0.25) is 4.90 Å². The SMILES string of the molecule is CC(C)c1noc(C(C)N2CCN(S(=O)(=O)c3ccc(C#N)cc3)CC2)n1. The molecule has 27 heavy (non-hydrogen) atoms. The molecule has 8 nitrogen and oxygen atoms in total. The molecule has 0 saturated carbocycles. The van der Waals surface area contributed by atoms with E-state index >= 15 is 0 Å². The van der Waals surface area contributed by atoms with Crippen LogP contribution in [0.3, 0.4) is 0 Å². The van der Waals surface area contributed by atoms with E-state index < -0.39 is 10.0 Å². The van der Waals surface area contributed by atoms with Crippen molar-refractivity contribution >= 4 is 10.0 Å². The quantitative estimate of drug-likeness (QED) is 0.771. The Hall–Kier alpha value is -2.28. The number of sulfonamides is 1. The first-order chi connectivity index (χ1) is 12.8. The molecule has 0 amide bonds. The highest BCUT2D eigenvalue weighted by molar-refractivity contribution is 7.89. The molecule has 2 aromatic rings. The Morgan fingerprint density at radius 3 is 2.26 bits per heavy atom. The minimum absolute atomic E-state index is 0.0650. The molecule has 1 unspecified atom stereocenters. The first kappa shape index (κ1) is 19.5. The third-order valence-electron chi connectivity index (χ3n) is 4.77. The van der Waals surface area contributed by atoms with Crippen LogP contribution in [0.4, 0.5) is 0 Å². The van der Waals surface area contributed by atoms with Crippen LogP contribution < -0.4 is 0 Å². The van der Waals surface area contributed by atoms with Crippen molar-refractivity contribution in [2.24, 2.45) is 0 Å². The summed E-state index contributed by atoms with van der Waals surface area (Å²) >= 11 is 0. The predicted molar refractivity (Wildman–Crippen MR) is 98.3 cm³/mol. The minimum atomic E-state index is -3.56. The highest BCUT2D eigenvalue weighted by Gasteiger charge is 2.31. The van der Waals surface area contributed by atoms with Gasteiger partial charge in [-0.05, 0) is 31.2 Å². The minimum Gasteiger partial charge on any atom is -0.338 e. The summed E-state index contributed by atoms with van der Waals surface area (Å²) in [7, 11) is -3.56. The third-order valence-corrected chi connectivity index (χ3v) is 6.69. The van der Waals surface area contributed by atoms with Crippen molar-refractivity contribution in [3.63, 3.8) is 0 Å². The lowest BCUT2D eigenvalue weighted by atomic mass is 10.2. The molecule has 1 saturated heterocycles. The van der Waals surface area contributed by atoms with Crippen LogP contribution in [0, 0.1) is 11.3 Å². The Balaban J connectivity index is 1.66. The van der Waals surface area contributed by atoms with E-state index in [1.807, 2.05) is 26.8 Å². The predicted octanol–water partition coefficient (Wildman–Crippen LogP) is 2.13. The first-order valence-electron chi connectivity index (χ1n) is 8.91. The topological polar surface area (TPSA) is 103 Å². The first-order valence-corrected chi connectivity index (χ1v) is 10.3. The molecular formula is C18H23N5O3S. The Bertz CT molecular complexity index is 923. The fourth-order valence-corrected chi connectivity index (χ4v) is 4.41. The number of benzene rings is 1. The van der Waals surface area contributed by atoms with Gasteiger partial charge in [0.15, 0.2) is 5.82 Å². The van der Waals surface area contributed by atoms with Crippen LogP contribution in [0.2, 0.25) is 0 Å². The van der Waals surface area contributed by atoms with Crippen LogP contribution in [-0.2, 0) is 10.0 Å². The molecule has 1 atom stereocenters. The summed E-state index contributed by atoms with van der Waals surface area (Å²) in [5.41, 5.74) is 0.438. The van der Waals surface area contributed by atoms with Gasteiger partial charge >= 0.3 is 0 Å². The number of piperazine rings is 1. The second kappa shape index (κ2) is 7.76. The molecule has 0 radical (unpaired) electrons. The summed E-state index contributed by atoms with van der Waals surface area (Å²) < 4.78 is 32.4. The van der Waals surface area contributed by atoms with Crippen molar-refractivity contribution in [2.45, 2.75) is 37.6 Å². The molecule has 144 valence electrons. The summed E-state index contributed by atoms with van der Waals surface area (Å²) in [6.45, 7) is 7.93. The molecule has 1 fully saturated rings. The van der Waals surface area contributed by atoms with E-state index in [2.05, 4.69) is 15.0 Å². The highest BCUT2D eigenvalue weighted by Crippen LogP contribution is 2.24. The average molecular weight is 389 g/mol. The normalized spacial score (nSPS) is 17.7. The van der Waals surface area contributed by atoms with Gasteiger partial charge in [-0.1, -0.05) is 19.0 Å². The van der Waals surface area contributed by atoms with E-state index in [1.54, 1.807) is 0 Å². The lowest BCUT2D eigenvalue weighted by Gasteiger charge is -2.36. The van der Waals surface area contributed by atoms with Crippen LogP contribution in [0.1, 0.15) is 50.0 Å². The van der Waals surface area contributed by atoms with Gasteiger partial charge in [0.2, 0.25) is 15.9 Å². The molecule has 0 aliphatic carbocycles. The van der Waals surface area contributed by atoms with Crippen LogP contribution in [0.25, 0.3) is 0 Å². The zero-order chi connectivity index (χ0) is 19.6. The van der Waals surface area contributed by atoms with Crippen LogP contribution in [0.15, 0.2) is 33.7 Å². The van der Waals surface area contributed by atoms with Crippen molar-refractivity contribution in [3.8, 4) is 6.07 Å². The van der Waals surface area contributed by atoms with E-state index in [9.17, 15) is 8.42 Å². The van der Waals surface area contributed by atoms with Gasteiger partial charge in [-0.25, -0.2) is 8.42 Å². The van der Waals surface area contributed by atoms with Crippen molar-refractivity contribution < 1.29 is 12.9 Å². The Morgan fingerprint density at radius 1 is 1.11 bits per heavy atom. The fourth-order valence-electron chi connectivity index (χ4n) is 2.99. The molecular weight excluding hydrogens is 366 g/mol. The molecule has 3 rings (SSSR count). The van der Waals surface area contributed by atoms with Gasteiger partial charge < -0.3 is 4.52 Å². The molecule has 1 aromatic carbocycles. The van der Waals surface area contributed by atoms with Gasteiger partial charge in [-0.2, -0.15) is 14.6 Å². The second-order valence-electron chi connectivity index (χ2n) is 6.90. The number of hydrogen-bond acceptors (Lipinski definition) is 7. The number of nitriles is 1. The van der Waals surface area contributed by atoms with Crippen LogP contribution in [-0.4, -0.2) is 53.9 Å². The van der Waals surface area contributed by atoms with E-state index in [-0.39, 0.29) is 16.9 Å². The van der Waals surface area contributed by atoms with E-state index in [1.165, 1.54) is 28.6 Å². The zero-order valence-corrected chi connectivity index (χ0v) is 16.5. The van der Waals surface area contributed by atoms with Gasteiger partial charge in [0.1, 0.15) is 0 Å². The lowest BCUT2D eigenvalue weighted by Crippen LogP contribution is -2.49. The summed E-state index contributed by atoms with van der Waals surface area (Å²) in [5, 5.41) is 12.9. The Labute approximate surface area is 159 Å². The van der Waals surface area contributed by atoms with Crippen molar-refractivity contribution in [1.29, 1.82) is 5.26 Å². The van der Waals surface area contributed by atoms with E-state index in [0.29, 0.717) is 43.5 Å². The number of nitrogens with zero attached hydrogens (tertiary/aromatic N) is 5. The van der Waals surface area contributed by atoms with E-state index in [4.69, 9.17) is 9.78 Å². The zero-order valence-electron chi connectivity index (χ0n) is 15.7. The Kier molecular flexibility index (Phi) is 5.60. The number of rotatable bonds is 5. The molecule has 0 N–H and O–H groups in total. The maximum atomic E-state index is 12.8. The molecule has 1 aromatic heterocycles. The molecule has 0 bridgehead atoms. The maximum Gasteiger partial charge on any atom is 0.243 e. The van der Waals surface area contributed by atoms with Crippen molar-refractivity contribution in [1.82, 2.24) is 19.3 Å². The molecule has 2 heterocycles. The molecule has 0 spiro atoms. The van der Waals surface area contributed by atoms with Crippen LogP contribution in [0.5, 0.6) is 0 Å². The monoisotopic (exact) mass is 389 g/mol. The van der Waals surface area contributed by atoms with Gasteiger partial charge in [0, 0.05) is 32.1 Å². The molecule has 1 aliphatic rings. The number of aromatic nitrogens is 2. The van der Waals surface area contributed by atoms with Crippen LogP contribution >= 0.6 is 0 Å². The maximum absolute atomic E-state index is 12.8. The average Bonchev–Trinajstić information content (AvgIpc) is 3.18.